The van der Waals surface area contributed by atoms with Crippen molar-refractivity contribution in [3.05, 3.63) is 27.7 Å². The second-order valence-electron chi connectivity index (χ2n) is 3.49. The van der Waals surface area contributed by atoms with Gasteiger partial charge in [0.15, 0.2) is 5.75 Å². The lowest BCUT2D eigenvalue weighted by Crippen LogP contribution is -2.53. The molecule has 0 unspecified atom stereocenters. The Morgan fingerprint density at radius 2 is 1.16 bits per heavy atom. The van der Waals surface area contributed by atoms with Crippen molar-refractivity contribution in [2.24, 2.45) is 0 Å². The van der Waals surface area contributed by atoms with Crippen LogP contribution in [0.3, 0.4) is 0 Å². The van der Waals surface area contributed by atoms with Crippen LogP contribution in [-0.4, -0.2) is 22.6 Å². The summed E-state index contributed by atoms with van der Waals surface area (Å²) in [4.78, 5) is 0. The number of hydrogen-bond acceptors (Lipinski definition) is 2. The van der Waals surface area contributed by atoms with Crippen LogP contribution in [-0.2, 0) is 5.60 Å². The fourth-order valence-corrected chi connectivity index (χ4v) is 1.75. The molecule has 0 aromatic heterocycles. The van der Waals surface area contributed by atoms with E-state index >= 15 is 0 Å². The van der Waals surface area contributed by atoms with E-state index < -0.39 is 39.3 Å². The highest BCUT2D eigenvalue weighted by Crippen LogP contribution is 2.51. The number of halogens is 8. The van der Waals surface area contributed by atoms with Gasteiger partial charge in [0, 0.05) is 5.56 Å². The first-order valence-corrected chi connectivity index (χ1v) is 5.12. The third kappa shape index (κ3) is 2.56. The van der Waals surface area contributed by atoms with Gasteiger partial charge < -0.3 is 10.2 Å². The standard InChI is InChI=1S/C9H4Cl2F6O2/c10-4-1-3(2-5(11)6(4)18)7(19,8(12,13)14)9(15,16)17/h1-2,18-19H. The van der Waals surface area contributed by atoms with E-state index in [4.69, 9.17) is 33.4 Å². The number of phenolic OH excluding ortho intramolecular Hbond substituents is 1. The molecule has 0 saturated carbocycles. The van der Waals surface area contributed by atoms with Gasteiger partial charge in [0.2, 0.25) is 0 Å². The first-order chi connectivity index (χ1) is 8.32. The van der Waals surface area contributed by atoms with E-state index in [-0.39, 0.29) is 12.1 Å². The lowest BCUT2D eigenvalue weighted by Gasteiger charge is -2.32. The molecule has 0 radical (unpaired) electrons. The normalized spacial score (nSPS) is 13.7. The molecule has 0 fully saturated rings. The molecule has 0 aliphatic carbocycles. The molecule has 0 aliphatic rings. The average molecular weight is 329 g/mol. The van der Waals surface area contributed by atoms with Gasteiger partial charge in [-0.15, -0.1) is 0 Å². The zero-order valence-corrected chi connectivity index (χ0v) is 10.1. The predicted molar refractivity (Wildman–Crippen MR) is 54.1 cm³/mol. The van der Waals surface area contributed by atoms with E-state index in [9.17, 15) is 26.3 Å². The molecule has 0 bridgehead atoms. The predicted octanol–water partition coefficient (Wildman–Crippen LogP) is 4.01. The van der Waals surface area contributed by atoms with E-state index in [1.54, 1.807) is 0 Å². The van der Waals surface area contributed by atoms with Crippen LogP contribution in [0.4, 0.5) is 26.3 Å². The van der Waals surface area contributed by atoms with E-state index in [0.29, 0.717) is 0 Å². The molecule has 1 rings (SSSR count). The molecule has 0 heterocycles. The lowest BCUT2D eigenvalue weighted by atomic mass is 9.92. The monoisotopic (exact) mass is 328 g/mol. The van der Waals surface area contributed by atoms with Crippen LogP contribution in [0.5, 0.6) is 5.75 Å². The van der Waals surface area contributed by atoms with Gasteiger partial charge in [-0.2, -0.15) is 26.3 Å². The molecule has 108 valence electrons. The van der Waals surface area contributed by atoms with Gasteiger partial charge in [0.05, 0.1) is 10.0 Å². The molecule has 1 aromatic carbocycles. The van der Waals surface area contributed by atoms with E-state index in [1.807, 2.05) is 0 Å². The van der Waals surface area contributed by atoms with Crippen LogP contribution in [0.25, 0.3) is 0 Å². The third-order valence-electron chi connectivity index (χ3n) is 2.26. The summed E-state index contributed by atoms with van der Waals surface area (Å²) in [5, 5.41) is 16.4. The zero-order chi connectivity index (χ0) is 15.2. The minimum absolute atomic E-state index is 0.143. The topological polar surface area (TPSA) is 40.5 Å². The van der Waals surface area contributed by atoms with E-state index in [1.165, 1.54) is 0 Å². The van der Waals surface area contributed by atoms with Crippen molar-refractivity contribution in [2.45, 2.75) is 18.0 Å². The Balaban J connectivity index is 3.62. The highest BCUT2D eigenvalue weighted by atomic mass is 35.5. The van der Waals surface area contributed by atoms with Gasteiger partial charge >= 0.3 is 12.4 Å². The Morgan fingerprint density at radius 3 is 1.42 bits per heavy atom. The maximum atomic E-state index is 12.5. The molecular formula is C9H4Cl2F6O2. The highest BCUT2D eigenvalue weighted by Gasteiger charge is 2.71. The number of benzene rings is 1. The molecule has 0 spiro atoms. The number of aromatic hydroxyl groups is 1. The molecule has 10 heteroatoms. The van der Waals surface area contributed by atoms with Crippen molar-refractivity contribution in [1.82, 2.24) is 0 Å². The first-order valence-electron chi connectivity index (χ1n) is 4.36. The second kappa shape index (κ2) is 4.60. The number of hydrogen-bond donors (Lipinski definition) is 2. The minimum atomic E-state index is -6.05. The first kappa shape index (κ1) is 16.2. The van der Waals surface area contributed by atoms with Crippen LogP contribution in [0.2, 0.25) is 10.0 Å². The SMILES string of the molecule is Oc1c(Cl)cc(C(O)(C(F)(F)F)C(F)(F)F)cc1Cl. The Morgan fingerprint density at radius 1 is 0.842 bits per heavy atom. The van der Waals surface area contributed by atoms with Gasteiger partial charge in [0.25, 0.3) is 5.60 Å². The summed E-state index contributed by atoms with van der Waals surface area (Å²) in [6.07, 6.45) is -12.1. The fraction of sp³-hybridized carbons (Fsp3) is 0.333. The fourth-order valence-electron chi connectivity index (χ4n) is 1.26. The number of alkyl halides is 6. The van der Waals surface area contributed by atoms with Crippen molar-refractivity contribution in [3.63, 3.8) is 0 Å². The van der Waals surface area contributed by atoms with Crippen molar-refractivity contribution in [1.29, 1.82) is 0 Å². The van der Waals surface area contributed by atoms with Gasteiger partial charge in [0.1, 0.15) is 0 Å². The number of rotatable bonds is 1. The molecule has 0 amide bonds. The van der Waals surface area contributed by atoms with Crippen molar-refractivity contribution >= 4 is 23.2 Å². The second-order valence-corrected chi connectivity index (χ2v) is 4.31. The van der Waals surface area contributed by atoms with E-state index in [2.05, 4.69) is 0 Å². The molecule has 0 aliphatic heterocycles. The summed E-state index contributed by atoms with van der Waals surface area (Å²) in [5.74, 6) is -0.890. The van der Waals surface area contributed by atoms with Gasteiger partial charge in [-0.05, 0) is 12.1 Å². The maximum absolute atomic E-state index is 12.5. The molecule has 0 saturated heterocycles. The van der Waals surface area contributed by atoms with Crippen LogP contribution in [0, 0.1) is 0 Å². The van der Waals surface area contributed by atoms with Gasteiger partial charge in [-0.1, -0.05) is 23.2 Å². The molecule has 2 nitrogen and oxygen atoms in total. The molecule has 1 aromatic rings. The highest BCUT2D eigenvalue weighted by molar-refractivity contribution is 6.37. The molecular weight excluding hydrogens is 325 g/mol. The molecule has 0 atom stereocenters. The Kier molecular flexibility index (Phi) is 3.92. The third-order valence-corrected chi connectivity index (χ3v) is 2.83. The Hall–Kier alpha value is -0.860. The summed E-state index contributed by atoms with van der Waals surface area (Å²) in [6, 6.07) is 0.285. The smallest absolute Gasteiger partial charge is 0.430 e. The number of aliphatic hydroxyl groups is 1. The Bertz CT molecular complexity index is 459. The summed E-state index contributed by atoms with van der Waals surface area (Å²) in [6.45, 7) is 0. The van der Waals surface area contributed by atoms with Crippen LogP contribution in [0.1, 0.15) is 5.56 Å². The van der Waals surface area contributed by atoms with Crippen molar-refractivity contribution in [3.8, 4) is 5.75 Å². The zero-order valence-electron chi connectivity index (χ0n) is 8.57. The average Bonchev–Trinajstić information content (AvgIpc) is 2.20. The lowest BCUT2D eigenvalue weighted by molar-refractivity contribution is -0.376. The molecule has 19 heavy (non-hydrogen) atoms. The summed E-state index contributed by atoms with van der Waals surface area (Å²) >= 11 is 10.5. The van der Waals surface area contributed by atoms with Crippen LogP contribution in [0.15, 0.2) is 12.1 Å². The largest absolute Gasteiger partial charge is 0.505 e. The van der Waals surface area contributed by atoms with Crippen LogP contribution < -0.4 is 0 Å². The van der Waals surface area contributed by atoms with Gasteiger partial charge in [-0.3, -0.25) is 0 Å². The Labute approximate surface area is 112 Å². The number of phenols is 1. The van der Waals surface area contributed by atoms with Crippen molar-refractivity contribution < 1.29 is 36.6 Å². The summed E-state index contributed by atoms with van der Waals surface area (Å²) in [5.41, 5.74) is -6.78. The van der Waals surface area contributed by atoms with Crippen LogP contribution >= 0.6 is 23.2 Å². The minimum Gasteiger partial charge on any atom is -0.505 e. The maximum Gasteiger partial charge on any atom is 0.430 e. The van der Waals surface area contributed by atoms with Crippen molar-refractivity contribution in [2.75, 3.05) is 0 Å². The molecule has 2 N–H and O–H groups in total. The van der Waals surface area contributed by atoms with Gasteiger partial charge in [-0.25, -0.2) is 0 Å². The summed E-state index contributed by atoms with van der Waals surface area (Å²) in [7, 11) is 0. The van der Waals surface area contributed by atoms with E-state index in [0.717, 1.165) is 0 Å². The summed E-state index contributed by atoms with van der Waals surface area (Å²) < 4.78 is 75.2. The quantitative estimate of drug-likeness (QED) is 0.765.